The summed E-state index contributed by atoms with van der Waals surface area (Å²) in [5.74, 6) is -1.32. The van der Waals surface area contributed by atoms with Crippen LogP contribution in [0.1, 0.15) is 42.2 Å². The molecule has 2 aromatic carbocycles. The predicted molar refractivity (Wildman–Crippen MR) is 116 cm³/mol. The average Bonchev–Trinajstić information content (AvgIpc) is 3.05. The van der Waals surface area contributed by atoms with E-state index < -0.39 is 36.2 Å². The number of aliphatic hydroxyl groups excluding tert-OH is 3. The van der Waals surface area contributed by atoms with Crippen molar-refractivity contribution in [2.45, 2.75) is 37.7 Å². The van der Waals surface area contributed by atoms with E-state index in [1.54, 1.807) is 42.5 Å². The number of nitrogens with two attached hydrogens (primary N) is 1. The molecule has 8 heteroatoms. The monoisotopic (exact) mass is 423 g/mol. The molecule has 1 heterocycles. The third-order valence-electron chi connectivity index (χ3n) is 5.85. The first kappa shape index (κ1) is 21.2. The number of carbonyl (C=O) groups excluding carboxylic acids is 2. The molecule has 0 fully saturated rings. The number of rotatable bonds is 4. The van der Waals surface area contributed by atoms with Gasteiger partial charge in [0.25, 0.3) is 5.91 Å². The molecule has 162 valence electrons. The van der Waals surface area contributed by atoms with Crippen LogP contribution in [0.25, 0.3) is 5.57 Å². The minimum atomic E-state index is -1.08. The maximum absolute atomic E-state index is 12.6. The zero-order valence-electron chi connectivity index (χ0n) is 16.9. The van der Waals surface area contributed by atoms with Gasteiger partial charge >= 0.3 is 0 Å². The molecule has 1 aliphatic heterocycles. The van der Waals surface area contributed by atoms with Crippen molar-refractivity contribution in [1.29, 1.82) is 0 Å². The highest BCUT2D eigenvalue weighted by Crippen LogP contribution is 2.43. The van der Waals surface area contributed by atoms with Crippen LogP contribution in [-0.2, 0) is 9.59 Å². The van der Waals surface area contributed by atoms with Crippen LogP contribution in [0.4, 0.5) is 11.4 Å². The van der Waals surface area contributed by atoms with E-state index in [4.69, 9.17) is 5.73 Å². The van der Waals surface area contributed by atoms with Crippen molar-refractivity contribution in [3.8, 4) is 0 Å². The summed E-state index contributed by atoms with van der Waals surface area (Å²) in [6.45, 7) is 1.43. The Hall–Kier alpha value is -3.04. The van der Waals surface area contributed by atoms with E-state index in [1.807, 2.05) is 6.07 Å². The molecule has 0 radical (unpaired) electrons. The molecule has 2 amide bonds. The summed E-state index contributed by atoms with van der Waals surface area (Å²) in [5, 5.41) is 36.3. The van der Waals surface area contributed by atoms with Gasteiger partial charge in [-0.3, -0.25) is 9.59 Å². The first-order valence-corrected chi connectivity index (χ1v) is 10.1. The highest BCUT2D eigenvalue weighted by Gasteiger charge is 2.34. The predicted octanol–water partition coefficient (Wildman–Crippen LogP) is 1.46. The number of aliphatic hydroxyl groups is 3. The van der Waals surface area contributed by atoms with Crippen LogP contribution in [0.15, 0.2) is 48.5 Å². The molecule has 0 spiro atoms. The van der Waals surface area contributed by atoms with Gasteiger partial charge in [-0.05, 0) is 42.7 Å². The second kappa shape index (κ2) is 8.24. The quantitative estimate of drug-likeness (QED) is 0.411. The van der Waals surface area contributed by atoms with Crippen molar-refractivity contribution in [3.05, 3.63) is 65.2 Å². The number of anilines is 2. The maximum atomic E-state index is 12.6. The van der Waals surface area contributed by atoms with Gasteiger partial charge in [-0.2, -0.15) is 0 Å². The van der Waals surface area contributed by atoms with Crippen molar-refractivity contribution in [1.82, 2.24) is 0 Å². The molecule has 2 aliphatic rings. The minimum Gasteiger partial charge on any atom is -0.391 e. The van der Waals surface area contributed by atoms with Crippen molar-refractivity contribution < 1.29 is 24.9 Å². The fourth-order valence-corrected chi connectivity index (χ4v) is 4.08. The first-order chi connectivity index (χ1) is 14.8. The van der Waals surface area contributed by atoms with Crippen molar-refractivity contribution in [2.24, 2.45) is 11.7 Å². The Morgan fingerprint density at radius 1 is 1.23 bits per heavy atom. The summed E-state index contributed by atoms with van der Waals surface area (Å²) in [6.07, 6.45) is -0.633. The van der Waals surface area contributed by atoms with Crippen LogP contribution in [0, 0.1) is 5.92 Å². The SMILES string of the molecule is C[C@@H](O)[C@H](N)C(=O)Nc1ccc2c(c1)C(=CC1CC(O)c3ccccc3C1O)C(=O)N2. The number of carbonyl (C=O) groups is 2. The lowest BCUT2D eigenvalue weighted by molar-refractivity contribution is -0.119. The molecule has 0 bridgehead atoms. The summed E-state index contributed by atoms with van der Waals surface area (Å²) < 4.78 is 0. The van der Waals surface area contributed by atoms with Gasteiger partial charge in [-0.25, -0.2) is 0 Å². The van der Waals surface area contributed by atoms with E-state index in [1.165, 1.54) is 6.92 Å². The maximum Gasteiger partial charge on any atom is 0.256 e. The van der Waals surface area contributed by atoms with Gasteiger partial charge in [0.05, 0.1) is 18.3 Å². The molecule has 4 rings (SSSR count). The Morgan fingerprint density at radius 3 is 2.65 bits per heavy atom. The van der Waals surface area contributed by atoms with E-state index in [0.717, 1.165) is 0 Å². The fourth-order valence-electron chi connectivity index (χ4n) is 4.08. The van der Waals surface area contributed by atoms with Gasteiger partial charge in [0, 0.05) is 28.4 Å². The van der Waals surface area contributed by atoms with Crippen LogP contribution >= 0.6 is 0 Å². The summed E-state index contributed by atoms with van der Waals surface area (Å²) in [6, 6.07) is 11.0. The van der Waals surface area contributed by atoms with Crippen LogP contribution in [0.5, 0.6) is 0 Å². The van der Waals surface area contributed by atoms with E-state index in [9.17, 15) is 24.9 Å². The van der Waals surface area contributed by atoms with Crippen LogP contribution < -0.4 is 16.4 Å². The molecular formula is C23H25N3O5. The molecule has 3 unspecified atom stereocenters. The lowest BCUT2D eigenvalue weighted by atomic mass is 9.78. The highest BCUT2D eigenvalue weighted by molar-refractivity contribution is 6.31. The summed E-state index contributed by atoms with van der Waals surface area (Å²) in [5.41, 5.74) is 8.96. The summed E-state index contributed by atoms with van der Waals surface area (Å²) in [7, 11) is 0. The summed E-state index contributed by atoms with van der Waals surface area (Å²) in [4.78, 5) is 24.8. The molecular weight excluding hydrogens is 398 g/mol. The number of hydrogen-bond donors (Lipinski definition) is 6. The smallest absolute Gasteiger partial charge is 0.256 e. The van der Waals surface area contributed by atoms with Crippen LogP contribution in [-0.4, -0.2) is 39.3 Å². The Balaban J connectivity index is 1.64. The van der Waals surface area contributed by atoms with Gasteiger partial charge in [0.1, 0.15) is 6.04 Å². The largest absolute Gasteiger partial charge is 0.391 e. The lowest BCUT2D eigenvalue weighted by Crippen LogP contribution is -2.43. The van der Waals surface area contributed by atoms with Crippen molar-refractivity contribution in [2.75, 3.05) is 10.6 Å². The Morgan fingerprint density at radius 2 is 1.94 bits per heavy atom. The lowest BCUT2D eigenvalue weighted by Gasteiger charge is -2.31. The number of benzene rings is 2. The molecule has 0 saturated carbocycles. The molecule has 5 atom stereocenters. The molecule has 0 saturated heterocycles. The zero-order valence-corrected chi connectivity index (χ0v) is 16.9. The third-order valence-corrected chi connectivity index (χ3v) is 5.85. The fraction of sp³-hybridized carbons (Fsp3) is 0.304. The normalized spacial score (nSPS) is 25.4. The average molecular weight is 423 g/mol. The van der Waals surface area contributed by atoms with Gasteiger partial charge < -0.3 is 31.7 Å². The van der Waals surface area contributed by atoms with Gasteiger partial charge in [0.15, 0.2) is 0 Å². The van der Waals surface area contributed by atoms with Gasteiger partial charge in [0.2, 0.25) is 5.91 Å². The van der Waals surface area contributed by atoms with Crippen LogP contribution in [0.2, 0.25) is 0 Å². The van der Waals surface area contributed by atoms with Crippen molar-refractivity contribution in [3.63, 3.8) is 0 Å². The molecule has 31 heavy (non-hydrogen) atoms. The standard InChI is InChI=1S/C23H25N3O5/c1-11(27)20(24)23(31)25-13-6-7-18-16(10-13)17(22(30)26-18)8-12-9-19(28)14-4-2-3-5-15(14)21(12)29/h2-8,10-12,19-21,27-29H,9,24H2,1H3,(H,25,31)(H,26,30)/t11-,12?,19?,20+,21?/m1/s1. The Bertz CT molecular complexity index is 1060. The Kier molecular flexibility index (Phi) is 5.63. The minimum absolute atomic E-state index is 0.282. The highest BCUT2D eigenvalue weighted by atomic mass is 16.3. The molecule has 8 nitrogen and oxygen atoms in total. The topological polar surface area (TPSA) is 145 Å². The zero-order chi connectivity index (χ0) is 22.3. The van der Waals surface area contributed by atoms with Crippen LogP contribution in [0.3, 0.4) is 0 Å². The number of amides is 2. The Labute approximate surface area is 179 Å². The first-order valence-electron chi connectivity index (χ1n) is 10.1. The second-order valence-corrected chi connectivity index (χ2v) is 8.04. The molecule has 1 aliphatic carbocycles. The van der Waals surface area contributed by atoms with Gasteiger partial charge in [-0.1, -0.05) is 30.3 Å². The number of nitrogens with one attached hydrogen (secondary N) is 2. The van der Waals surface area contributed by atoms with Gasteiger partial charge in [-0.15, -0.1) is 0 Å². The van der Waals surface area contributed by atoms with E-state index in [2.05, 4.69) is 10.6 Å². The number of fused-ring (bicyclic) bond motifs is 2. The molecule has 2 aromatic rings. The number of hydrogen-bond acceptors (Lipinski definition) is 6. The second-order valence-electron chi connectivity index (χ2n) is 8.04. The molecule has 0 aromatic heterocycles. The van der Waals surface area contributed by atoms with E-state index >= 15 is 0 Å². The summed E-state index contributed by atoms with van der Waals surface area (Å²) >= 11 is 0. The molecule has 7 N–H and O–H groups in total. The van der Waals surface area contributed by atoms with Crippen molar-refractivity contribution >= 4 is 28.8 Å². The van der Waals surface area contributed by atoms with E-state index in [-0.39, 0.29) is 12.3 Å². The third kappa shape index (κ3) is 3.98. The van der Waals surface area contributed by atoms with E-state index in [0.29, 0.717) is 33.6 Å².